The van der Waals surface area contributed by atoms with E-state index in [1.807, 2.05) is 0 Å². The SMILES string of the molecule is NC1CCN(Cc2nnc3n2CCCC3)C1. The van der Waals surface area contributed by atoms with E-state index < -0.39 is 0 Å². The summed E-state index contributed by atoms with van der Waals surface area (Å²) in [6.07, 6.45) is 4.72. The van der Waals surface area contributed by atoms with Gasteiger partial charge in [-0.2, -0.15) is 0 Å². The summed E-state index contributed by atoms with van der Waals surface area (Å²) >= 11 is 0. The molecule has 1 saturated heterocycles. The minimum Gasteiger partial charge on any atom is -0.326 e. The molecule has 1 aromatic rings. The Morgan fingerprint density at radius 2 is 2.19 bits per heavy atom. The Balaban J connectivity index is 1.72. The molecule has 5 nitrogen and oxygen atoms in total. The monoisotopic (exact) mass is 221 g/mol. The Labute approximate surface area is 95.6 Å². The Kier molecular flexibility index (Phi) is 2.65. The summed E-state index contributed by atoms with van der Waals surface area (Å²) in [6.45, 7) is 4.11. The third-order valence-corrected chi connectivity index (χ3v) is 3.61. The van der Waals surface area contributed by atoms with Gasteiger partial charge in [0.1, 0.15) is 11.6 Å². The molecule has 2 aliphatic rings. The van der Waals surface area contributed by atoms with Crippen molar-refractivity contribution in [2.24, 2.45) is 5.73 Å². The van der Waals surface area contributed by atoms with Crippen LogP contribution >= 0.6 is 0 Å². The van der Waals surface area contributed by atoms with Gasteiger partial charge in [-0.15, -0.1) is 10.2 Å². The van der Waals surface area contributed by atoms with Gasteiger partial charge in [0.15, 0.2) is 0 Å². The fraction of sp³-hybridized carbons (Fsp3) is 0.818. The molecule has 3 rings (SSSR count). The maximum Gasteiger partial charge on any atom is 0.147 e. The minimum absolute atomic E-state index is 0.351. The predicted molar refractivity (Wildman–Crippen MR) is 60.8 cm³/mol. The number of fused-ring (bicyclic) bond motifs is 1. The van der Waals surface area contributed by atoms with E-state index in [1.54, 1.807) is 0 Å². The van der Waals surface area contributed by atoms with Gasteiger partial charge in [-0.05, 0) is 19.3 Å². The second-order valence-corrected chi connectivity index (χ2v) is 4.93. The zero-order valence-corrected chi connectivity index (χ0v) is 9.60. The van der Waals surface area contributed by atoms with Crippen molar-refractivity contribution < 1.29 is 0 Å². The Bertz CT molecular complexity index is 372. The van der Waals surface area contributed by atoms with Crippen molar-refractivity contribution in [1.29, 1.82) is 0 Å². The summed E-state index contributed by atoms with van der Waals surface area (Å²) < 4.78 is 2.30. The van der Waals surface area contributed by atoms with Crippen molar-refractivity contribution in [3.63, 3.8) is 0 Å². The van der Waals surface area contributed by atoms with Crippen LogP contribution in [-0.4, -0.2) is 38.8 Å². The van der Waals surface area contributed by atoms with Crippen LogP contribution in [0.4, 0.5) is 0 Å². The molecule has 5 heteroatoms. The first-order chi connectivity index (χ1) is 7.83. The quantitative estimate of drug-likeness (QED) is 0.772. The fourth-order valence-electron chi connectivity index (χ4n) is 2.69. The molecule has 88 valence electrons. The van der Waals surface area contributed by atoms with E-state index in [9.17, 15) is 0 Å². The van der Waals surface area contributed by atoms with E-state index in [2.05, 4.69) is 19.7 Å². The van der Waals surface area contributed by atoms with E-state index in [-0.39, 0.29) is 0 Å². The highest BCUT2D eigenvalue weighted by Crippen LogP contribution is 2.17. The normalized spacial score (nSPS) is 25.9. The van der Waals surface area contributed by atoms with Crippen LogP contribution in [0.5, 0.6) is 0 Å². The summed E-state index contributed by atoms with van der Waals surface area (Å²) in [6, 6.07) is 0.351. The average molecular weight is 221 g/mol. The van der Waals surface area contributed by atoms with Crippen molar-refractivity contribution in [3.05, 3.63) is 11.6 Å². The summed E-state index contributed by atoms with van der Waals surface area (Å²) in [5.41, 5.74) is 5.91. The zero-order chi connectivity index (χ0) is 11.0. The van der Waals surface area contributed by atoms with Crippen molar-refractivity contribution in [1.82, 2.24) is 19.7 Å². The Morgan fingerprint density at radius 3 is 3.00 bits per heavy atom. The lowest BCUT2D eigenvalue weighted by Crippen LogP contribution is -2.27. The van der Waals surface area contributed by atoms with Gasteiger partial charge in [0.05, 0.1) is 6.54 Å². The molecule has 3 heterocycles. The first kappa shape index (κ1) is 10.2. The lowest BCUT2D eigenvalue weighted by atomic mass is 10.2. The molecule has 0 radical (unpaired) electrons. The number of nitrogens with two attached hydrogens (primary N) is 1. The van der Waals surface area contributed by atoms with Crippen LogP contribution < -0.4 is 5.73 Å². The van der Waals surface area contributed by atoms with Crippen LogP contribution in [0.15, 0.2) is 0 Å². The largest absolute Gasteiger partial charge is 0.326 e. The van der Waals surface area contributed by atoms with Gasteiger partial charge >= 0.3 is 0 Å². The maximum absolute atomic E-state index is 5.91. The maximum atomic E-state index is 5.91. The molecule has 2 aliphatic heterocycles. The smallest absolute Gasteiger partial charge is 0.147 e. The fourth-order valence-corrected chi connectivity index (χ4v) is 2.69. The highest BCUT2D eigenvalue weighted by molar-refractivity contribution is 4.99. The average Bonchev–Trinajstić information content (AvgIpc) is 2.87. The second-order valence-electron chi connectivity index (χ2n) is 4.93. The van der Waals surface area contributed by atoms with Gasteiger partial charge in [0.2, 0.25) is 0 Å². The zero-order valence-electron chi connectivity index (χ0n) is 9.60. The van der Waals surface area contributed by atoms with Gasteiger partial charge in [-0.25, -0.2) is 0 Å². The van der Waals surface area contributed by atoms with Gasteiger partial charge in [-0.1, -0.05) is 0 Å². The molecule has 0 spiro atoms. The van der Waals surface area contributed by atoms with E-state index in [0.29, 0.717) is 6.04 Å². The van der Waals surface area contributed by atoms with E-state index in [0.717, 1.165) is 44.8 Å². The molecule has 1 atom stereocenters. The molecular weight excluding hydrogens is 202 g/mol. The van der Waals surface area contributed by atoms with E-state index in [4.69, 9.17) is 5.73 Å². The molecule has 2 N–H and O–H groups in total. The first-order valence-electron chi connectivity index (χ1n) is 6.22. The lowest BCUT2D eigenvalue weighted by Gasteiger charge is -2.18. The number of nitrogens with zero attached hydrogens (tertiary/aromatic N) is 4. The standard InChI is InChI=1S/C11H19N5/c12-9-4-6-15(7-9)8-11-14-13-10-3-1-2-5-16(10)11/h9H,1-8,12H2. The number of rotatable bonds is 2. The third-order valence-electron chi connectivity index (χ3n) is 3.61. The molecule has 1 unspecified atom stereocenters. The highest BCUT2D eigenvalue weighted by atomic mass is 15.3. The van der Waals surface area contributed by atoms with Crippen LogP contribution in [0.1, 0.15) is 30.9 Å². The molecule has 1 fully saturated rings. The summed E-state index contributed by atoms with van der Waals surface area (Å²) in [4.78, 5) is 2.39. The minimum atomic E-state index is 0.351. The molecule has 16 heavy (non-hydrogen) atoms. The van der Waals surface area contributed by atoms with Crippen LogP contribution in [0.3, 0.4) is 0 Å². The summed E-state index contributed by atoms with van der Waals surface area (Å²) in [5, 5.41) is 8.59. The van der Waals surface area contributed by atoms with Crippen molar-refractivity contribution in [2.45, 2.75) is 44.8 Å². The number of aryl methyl sites for hydroxylation is 1. The van der Waals surface area contributed by atoms with E-state index >= 15 is 0 Å². The Hall–Kier alpha value is -0.940. The number of likely N-dealkylation sites (tertiary alicyclic amines) is 1. The third kappa shape index (κ3) is 1.85. The van der Waals surface area contributed by atoms with Gasteiger partial charge in [0, 0.05) is 32.1 Å². The van der Waals surface area contributed by atoms with Crippen LogP contribution in [0, 0.1) is 0 Å². The van der Waals surface area contributed by atoms with Crippen LogP contribution in [-0.2, 0) is 19.5 Å². The lowest BCUT2D eigenvalue weighted by molar-refractivity contribution is 0.309. The van der Waals surface area contributed by atoms with Gasteiger partial charge in [-0.3, -0.25) is 4.90 Å². The number of hydrogen-bond acceptors (Lipinski definition) is 4. The Morgan fingerprint density at radius 1 is 1.25 bits per heavy atom. The molecular formula is C11H19N5. The van der Waals surface area contributed by atoms with Crippen molar-refractivity contribution in [2.75, 3.05) is 13.1 Å². The molecule has 0 bridgehead atoms. The highest BCUT2D eigenvalue weighted by Gasteiger charge is 2.22. The van der Waals surface area contributed by atoms with Gasteiger partial charge < -0.3 is 10.3 Å². The summed E-state index contributed by atoms with van der Waals surface area (Å²) in [5.74, 6) is 2.30. The predicted octanol–water partition coefficient (Wildman–Crippen LogP) is 0.147. The van der Waals surface area contributed by atoms with Crippen molar-refractivity contribution in [3.8, 4) is 0 Å². The van der Waals surface area contributed by atoms with E-state index in [1.165, 1.54) is 18.7 Å². The second kappa shape index (κ2) is 4.14. The molecule has 0 amide bonds. The summed E-state index contributed by atoms with van der Waals surface area (Å²) in [7, 11) is 0. The van der Waals surface area contributed by atoms with Gasteiger partial charge in [0.25, 0.3) is 0 Å². The molecule has 0 aromatic carbocycles. The molecule has 0 aliphatic carbocycles. The first-order valence-corrected chi connectivity index (χ1v) is 6.22. The number of hydrogen-bond donors (Lipinski definition) is 1. The molecule has 1 aromatic heterocycles. The van der Waals surface area contributed by atoms with Crippen LogP contribution in [0.2, 0.25) is 0 Å². The number of aromatic nitrogens is 3. The van der Waals surface area contributed by atoms with Crippen LogP contribution in [0.25, 0.3) is 0 Å². The molecule has 0 saturated carbocycles. The van der Waals surface area contributed by atoms with Crippen molar-refractivity contribution >= 4 is 0 Å². The topological polar surface area (TPSA) is 60.0 Å².